The number of hydrogen-bond acceptors (Lipinski definition) is 8. The highest BCUT2D eigenvalue weighted by Crippen LogP contribution is 2.26. The van der Waals surface area contributed by atoms with Gasteiger partial charge < -0.3 is 29.3 Å². The van der Waals surface area contributed by atoms with E-state index >= 15 is 0 Å². The normalized spacial score (nSPS) is 24.2. The molecule has 2 atom stereocenters. The van der Waals surface area contributed by atoms with Crippen molar-refractivity contribution in [2.45, 2.75) is 32.1 Å². The van der Waals surface area contributed by atoms with Gasteiger partial charge in [-0.05, 0) is 88.3 Å². The Labute approximate surface area is 214 Å². The summed E-state index contributed by atoms with van der Waals surface area (Å²) in [5.74, 6) is 2.99. The molecular formula is C27H40N6O3. The maximum Gasteiger partial charge on any atom is 0.324 e. The van der Waals surface area contributed by atoms with Crippen molar-refractivity contribution in [3.63, 3.8) is 0 Å². The lowest BCUT2D eigenvalue weighted by Gasteiger charge is -2.32. The SMILES string of the molecule is COc1ccc(-c2noc(N3CCC(C(=O)NC[C@H]4CCN(C[C@H]5CCCN(C)C5)C4)CC3)n2)cc1. The number of nitrogens with zero attached hydrogens (tertiary/aromatic N) is 5. The average Bonchev–Trinajstić information content (AvgIpc) is 3.58. The molecule has 9 nitrogen and oxygen atoms in total. The molecular weight excluding hydrogens is 456 g/mol. The van der Waals surface area contributed by atoms with Gasteiger partial charge in [0, 0.05) is 50.7 Å². The number of hydrogen-bond donors (Lipinski definition) is 1. The van der Waals surface area contributed by atoms with Crippen molar-refractivity contribution >= 4 is 11.9 Å². The van der Waals surface area contributed by atoms with Crippen molar-refractivity contribution in [1.82, 2.24) is 25.3 Å². The van der Waals surface area contributed by atoms with E-state index in [-0.39, 0.29) is 11.8 Å². The Morgan fingerprint density at radius 2 is 1.86 bits per heavy atom. The third-order valence-corrected chi connectivity index (χ3v) is 8.07. The van der Waals surface area contributed by atoms with Crippen molar-refractivity contribution in [1.29, 1.82) is 0 Å². The second-order valence-corrected chi connectivity index (χ2v) is 10.8. The van der Waals surface area contributed by atoms with E-state index in [2.05, 4.69) is 37.2 Å². The van der Waals surface area contributed by atoms with E-state index in [0.717, 1.165) is 56.3 Å². The molecule has 2 aromatic rings. The van der Waals surface area contributed by atoms with Crippen LogP contribution in [0.4, 0.5) is 6.01 Å². The number of amides is 1. The zero-order valence-corrected chi connectivity index (χ0v) is 21.7. The minimum Gasteiger partial charge on any atom is -0.497 e. The third kappa shape index (κ3) is 6.18. The summed E-state index contributed by atoms with van der Waals surface area (Å²) < 4.78 is 10.7. The van der Waals surface area contributed by atoms with E-state index in [1.165, 1.54) is 45.4 Å². The van der Waals surface area contributed by atoms with Crippen LogP contribution in [0.1, 0.15) is 32.1 Å². The second-order valence-electron chi connectivity index (χ2n) is 10.8. The lowest BCUT2D eigenvalue weighted by Crippen LogP contribution is -2.42. The molecule has 0 saturated carbocycles. The molecule has 1 aromatic heterocycles. The lowest BCUT2D eigenvalue weighted by molar-refractivity contribution is -0.125. The van der Waals surface area contributed by atoms with Crippen LogP contribution in [0.25, 0.3) is 11.4 Å². The Bertz CT molecular complexity index is 988. The van der Waals surface area contributed by atoms with Crippen LogP contribution >= 0.6 is 0 Å². The van der Waals surface area contributed by atoms with Gasteiger partial charge >= 0.3 is 6.01 Å². The first-order chi connectivity index (χ1) is 17.6. The Morgan fingerprint density at radius 1 is 1.06 bits per heavy atom. The number of ether oxygens (including phenoxy) is 1. The first-order valence-electron chi connectivity index (χ1n) is 13.5. The minimum absolute atomic E-state index is 0.0560. The lowest BCUT2D eigenvalue weighted by atomic mass is 9.96. The van der Waals surface area contributed by atoms with Gasteiger partial charge in [-0.1, -0.05) is 5.16 Å². The number of piperidine rings is 2. The fraction of sp³-hybridized carbons (Fsp3) is 0.667. The van der Waals surface area contributed by atoms with Gasteiger partial charge in [0.2, 0.25) is 11.7 Å². The quantitative estimate of drug-likeness (QED) is 0.597. The Morgan fingerprint density at radius 3 is 2.61 bits per heavy atom. The van der Waals surface area contributed by atoms with E-state index in [1.54, 1.807) is 7.11 Å². The molecule has 196 valence electrons. The molecule has 1 N–H and O–H groups in total. The van der Waals surface area contributed by atoms with Crippen molar-refractivity contribution in [2.75, 3.05) is 71.4 Å². The first kappa shape index (κ1) is 25.0. The molecule has 0 radical (unpaired) electrons. The van der Waals surface area contributed by atoms with Crippen LogP contribution < -0.4 is 15.0 Å². The molecule has 0 aliphatic carbocycles. The summed E-state index contributed by atoms with van der Waals surface area (Å²) >= 11 is 0. The van der Waals surface area contributed by atoms with Crippen LogP contribution in [0.2, 0.25) is 0 Å². The van der Waals surface area contributed by atoms with Crippen LogP contribution in [0, 0.1) is 17.8 Å². The van der Waals surface area contributed by atoms with E-state index < -0.39 is 0 Å². The smallest absolute Gasteiger partial charge is 0.324 e. The molecule has 0 spiro atoms. The van der Waals surface area contributed by atoms with Gasteiger partial charge in [0.1, 0.15) is 5.75 Å². The van der Waals surface area contributed by atoms with Crippen molar-refractivity contribution in [2.24, 2.45) is 17.8 Å². The molecule has 3 saturated heterocycles. The van der Waals surface area contributed by atoms with Gasteiger partial charge in [0.05, 0.1) is 7.11 Å². The van der Waals surface area contributed by atoms with Crippen molar-refractivity contribution < 1.29 is 14.1 Å². The molecule has 3 fully saturated rings. The maximum atomic E-state index is 12.9. The zero-order valence-electron chi connectivity index (χ0n) is 21.7. The summed E-state index contributed by atoms with van der Waals surface area (Å²) in [5.41, 5.74) is 0.886. The van der Waals surface area contributed by atoms with Crippen LogP contribution in [0.3, 0.4) is 0 Å². The number of carbonyl (C=O) groups excluding carboxylic acids is 1. The Balaban J connectivity index is 1.03. The summed E-state index contributed by atoms with van der Waals surface area (Å²) in [6.07, 6.45) is 5.47. The highest BCUT2D eigenvalue weighted by Gasteiger charge is 2.30. The number of rotatable bonds is 8. The van der Waals surface area contributed by atoms with Gasteiger partial charge in [0.15, 0.2) is 0 Å². The Hall–Kier alpha value is -2.65. The number of benzene rings is 1. The van der Waals surface area contributed by atoms with Crippen LogP contribution in [-0.4, -0.2) is 92.4 Å². The van der Waals surface area contributed by atoms with Gasteiger partial charge in [-0.2, -0.15) is 4.98 Å². The van der Waals surface area contributed by atoms with E-state index in [4.69, 9.17) is 9.26 Å². The third-order valence-electron chi connectivity index (χ3n) is 8.07. The average molecular weight is 497 g/mol. The Kier molecular flexibility index (Phi) is 8.06. The van der Waals surface area contributed by atoms with Crippen molar-refractivity contribution in [3.05, 3.63) is 24.3 Å². The number of anilines is 1. The fourth-order valence-electron chi connectivity index (χ4n) is 5.96. The molecule has 5 rings (SSSR count). The summed E-state index contributed by atoms with van der Waals surface area (Å²) in [6, 6.07) is 8.13. The topological polar surface area (TPSA) is 87.0 Å². The van der Waals surface area contributed by atoms with Crippen LogP contribution in [0.15, 0.2) is 28.8 Å². The second kappa shape index (κ2) is 11.6. The number of aromatic nitrogens is 2. The first-order valence-corrected chi connectivity index (χ1v) is 13.5. The monoisotopic (exact) mass is 496 g/mol. The van der Waals surface area contributed by atoms with E-state index in [1.807, 2.05) is 24.3 Å². The molecule has 3 aliphatic heterocycles. The number of likely N-dealkylation sites (tertiary alicyclic amines) is 2. The number of nitrogens with one attached hydrogen (secondary N) is 1. The molecule has 0 unspecified atom stereocenters. The number of carbonyl (C=O) groups is 1. The van der Waals surface area contributed by atoms with Gasteiger partial charge in [-0.15, -0.1) is 0 Å². The molecule has 1 amide bonds. The van der Waals surface area contributed by atoms with Gasteiger partial charge in [0.25, 0.3) is 0 Å². The fourth-order valence-corrected chi connectivity index (χ4v) is 5.96. The molecule has 36 heavy (non-hydrogen) atoms. The summed E-state index contributed by atoms with van der Waals surface area (Å²) in [4.78, 5) is 24.6. The van der Waals surface area contributed by atoms with Crippen molar-refractivity contribution in [3.8, 4) is 17.1 Å². The molecule has 1 aromatic carbocycles. The highest BCUT2D eigenvalue weighted by molar-refractivity contribution is 5.79. The van der Waals surface area contributed by atoms with Gasteiger partial charge in [-0.25, -0.2) is 0 Å². The van der Waals surface area contributed by atoms with Crippen LogP contribution in [0.5, 0.6) is 5.75 Å². The standard InChI is InChI=1S/C27H40N6O3/c1-31-12-3-4-21(17-31)19-32-13-9-20(18-32)16-28-26(34)23-10-14-33(15-11-23)27-29-25(30-36-27)22-5-7-24(35-2)8-6-22/h5-8,20-21,23H,3-4,9-19H2,1-2H3,(H,28,34)/t20-,21+/m1/s1. The number of methoxy groups -OCH3 is 1. The van der Waals surface area contributed by atoms with E-state index in [0.29, 0.717) is 17.8 Å². The summed E-state index contributed by atoms with van der Waals surface area (Å²) in [5, 5.41) is 7.40. The molecule has 3 aliphatic rings. The van der Waals surface area contributed by atoms with E-state index in [9.17, 15) is 4.79 Å². The van der Waals surface area contributed by atoms with Gasteiger partial charge in [-0.3, -0.25) is 4.79 Å². The highest BCUT2D eigenvalue weighted by atomic mass is 16.5. The summed E-state index contributed by atoms with van der Waals surface area (Å²) in [6.45, 7) is 8.25. The van der Waals surface area contributed by atoms with Crippen LogP contribution in [-0.2, 0) is 4.79 Å². The molecule has 0 bridgehead atoms. The molecule has 4 heterocycles. The summed E-state index contributed by atoms with van der Waals surface area (Å²) in [7, 11) is 3.88. The molecule has 9 heteroatoms. The predicted octanol–water partition coefficient (Wildman–Crippen LogP) is 2.74. The predicted molar refractivity (Wildman–Crippen MR) is 139 cm³/mol. The maximum absolute atomic E-state index is 12.9. The largest absolute Gasteiger partial charge is 0.497 e. The minimum atomic E-state index is 0.0560. The zero-order chi connectivity index (χ0) is 24.9.